The van der Waals surface area contributed by atoms with Crippen LogP contribution < -0.4 is 0 Å². The molecular formula is C29H37FO3. The van der Waals surface area contributed by atoms with Gasteiger partial charge in [-0.1, -0.05) is 50.5 Å². The van der Waals surface area contributed by atoms with E-state index in [9.17, 15) is 14.4 Å². The van der Waals surface area contributed by atoms with Crippen LogP contribution in [0.25, 0.3) is 0 Å². The normalized spacial score (nSPS) is 27.1. The summed E-state index contributed by atoms with van der Waals surface area (Å²) in [7, 11) is 0. The third kappa shape index (κ3) is 3.96. The Kier molecular flexibility index (Phi) is 7.26. The Morgan fingerprint density at radius 3 is 2.39 bits per heavy atom. The molecule has 0 heterocycles. The number of carbonyl (C=O) groups excluding carboxylic acids is 3. The highest BCUT2D eigenvalue weighted by Crippen LogP contribution is 2.59. The standard InChI is InChI=1S/C29H37FO3/c1-7-9-22-24(25(31)21-11-10-19(5)20(6)17-21)26(32)29(16-12-18(3)4)23(30)13-15-28(22,14-8-2)27(29)33/h10-12,17,23H,7-9,13-16H2,1-6H3/t23-,28-,29?/m1/s1. The maximum absolute atomic E-state index is 15.7. The number of benzene rings is 1. The number of alkyl halides is 1. The van der Waals surface area contributed by atoms with Gasteiger partial charge in [0.1, 0.15) is 11.6 Å². The Labute approximate surface area is 197 Å². The van der Waals surface area contributed by atoms with E-state index in [1.165, 1.54) is 0 Å². The van der Waals surface area contributed by atoms with E-state index in [0.717, 1.165) is 23.1 Å². The van der Waals surface area contributed by atoms with Gasteiger partial charge in [0.05, 0.1) is 11.0 Å². The van der Waals surface area contributed by atoms with Crippen molar-refractivity contribution in [2.45, 2.75) is 92.7 Å². The van der Waals surface area contributed by atoms with Gasteiger partial charge in [0.2, 0.25) is 0 Å². The van der Waals surface area contributed by atoms with Crippen LogP contribution in [-0.2, 0) is 9.59 Å². The second-order valence-corrected chi connectivity index (χ2v) is 10.2. The summed E-state index contributed by atoms with van der Waals surface area (Å²) in [6.07, 6.45) is 3.25. The molecule has 3 atom stereocenters. The lowest BCUT2D eigenvalue weighted by molar-refractivity contribution is -0.157. The largest absolute Gasteiger partial charge is 0.297 e. The van der Waals surface area contributed by atoms with Crippen molar-refractivity contribution in [2.24, 2.45) is 10.8 Å². The summed E-state index contributed by atoms with van der Waals surface area (Å²) in [6.45, 7) is 11.7. The molecule has 1 aromatic rings. The summed E-state index contributed by atoms with van der Waals surface area (Å²) >= 11 is 0. The number of hydrogen-bond acceptors (Lipinski definition) is 3. The van der Waals surface area contributed by atoms with E-state index in [1.54, 1.807) is 18.2 Å². The Morgan fingerprint density at radius 2 is 1.82 bits per heavy atom. The lowest BCUT2D eigenvalue weighted by Crippen LogP contribution is -2.62. The molecule has 2 bridgehead atoms. The van der Waals surface area contributed by atoms with Crippen LogP contribution in [0.3, 0.4) is 0 Å². The topological polar surface area (TPSA) is 51.2 Å². The molecule has 2 aliphatic rings. The summed E-state index contributed by atoms with van der Waals surface area (Å²) in [5, 5.41) is 0. The van der Waals surface area contributed by atoms with Gasteiger partial charge in [0.15, 0.2) is 17.3 Å². The number of Topliss-reactive ketones (excluding diaryl/α,β-unsaturated/α-hetero) is 3. The Morgan fingerprint density at radius 1 is 1.12 bits per heavy atom. The fraction of sp³-hybridized carbons (Fsp3) is 0.552. The van der Waals surface area contributed by atoms with Crippen LogP contribution in [0.15, 0.2) is 41.0 Å². The number of aryl methyl sites for hydroxylation is 2. The molecule has 0 aliphatic heterocycles. The van der Waals surface area contributed by atoms with Crippen molar-refractivity contribution in [3.63, 3.8) is 0 Å². The second kappa shape index (κ2) is 9.48. The van der Waals surface area contributed by atoms with E-state index in [2.05, 4.69) is 0 Å². The molecule has 0 amide bonds. The highest BCUT2D eigenvalue weighted by molar-refractivity contribution is 6.35. The van der Waals surface area contributed by atoms with Crippen molar-refractivity contribution in [1.29, 1.82) is 0 Å². The molecule has 33 heavy (non-hydrogen) atoms. The minimum atomic E-state index is -1.80. The van der Waals surface area contributed by atoms with Crippen molar-refractivity contribution < 1.29 is 18.8 Å². The Bertz CT molecular complexity index is 1040. The molecular weight excluding hydrogens is 415 g/mol. The molecule has 3 nitrogen and oxygen atoms in total. The lowest BCUT2D eigenvalue weighted by Gasteiger charge is -2.52. The predicted octanol–water partition coefficient (Wildman–Crippen LogP) is 7.00. The zero-order valence-electron chi connectivity index (χ0n) is 20.9. The van der Waals surface area contributed by atoms with Crippen LogP contribution in [0.1, 0.15) is 94.1 Å². The van der Waals surface area contributed by atoms with Crippen LogP contribution in [0.2, 0.25) is 0 Å². The summed E-state index contributed by atoms with van der Waals surface area (Å²) in [5.41, 5.74) is 1.39. The van der Waals surface area contributed by atoms with Crippen molar-refractivity contribution in [2.75, 3.05) is 0 Å². The number of carbonyl (C=O) groups is 3. The van der Waals surface area contributed by atoms with E-state index in [0.29, 0.717) is 36.8 Å². The Hall–Kier alpha value is -2.36. The summed E-state index contributed by atoms with van der Waals surface area (Å²) in [5.74, 6) is -1.26. The molecule has 2 aliphatic carbocycles. The number of rotatable bonds is 8. The SMILES string of the molecule is CCCC1=C(C(=O)c2ccc(C)c(C)c2)C(=O)C2(CC=C(C)C)C(=O)[C@]1(CCC)CC[C@H]2F. The van der Waals surface area contributed by atoms with Gasteiger partial charge in [-0.2, -0.15) is 0 Å². The van der Waals surface area contributed by atoms with Crippen molar-refractivity contribution in [1.82, 2.24) is 0 Å². The molecule has 178 valence electrons. The molecule has 1 unspecified atom stereocenters. The second-order valence-electron chi connectivity index (χ2n) is 10.2. The molecule has 0 N–H and O–H groups in total. The highest BCUT2D eigenvalue weighted by Gasteiger charge is 2.66. The third-order valence-corrected chi connectivity index (χ3v) is 7.72. The smallest absolute Gasteiger partial charge is 0.196 e. The average Bonchev–Trinajstić information content (AvgIpc) is 2.76. The first kappa shape index (κ1) is 25.3. The van der Waals surface area contributed by atoms with Gasteiger partial charge in [-0.15, -0.1) is 0 Å². The van der Waals surface area contributed by atoms with Crippen molar-refractivity contribution in [3.8, 4) is 0 Å². The molecule has 0 saturated heterocycles. The van der Waals surface area contributed by atoms with E-state index in [4.69, 9.17) is 0 Å². The third-order valence-electron chi connectivity index (χ3n) is 7.72. The molecule has 1 saturated carbocycles. The van der Waals surface area contributed by atoms with Gasteiger partial charge in [-0.05, 0) is 82.6 Å². The van der Waals surface area contributed by atoms with Crippen LogP contribution >= 0.6 is 0 Å². The molecule has 1 fully saturated rings. The summed E-state index contributed by atoms with van der Waals surface area (Å²) in [4.78, 5) is 42.2. The zero-order valence-corrected chi connectivity index (χ0v) is 20.9. The minimum absolute atomic E-state index is 0.0166. The number of ketones is 3. The summed E-state index contributed by atoms with van der Waals surface area (Å²) in [6, 6.07) is 5.42. The average molecular weight is 453 g/mol. The van der Waals surface area contributed by atoms with Crippen LogP contribution in [-0.4, -0.2) is 23.5 Å². The first-order valence-electron chi connectivity index (χ1n) is 12.3. The van der Waals surface area contributed by atoms with Gasteiger partial charge < -0.3 is 0 Å². The molecule has 4 heteroatoms. The quantitative estimate of drug-likeness (QED) is 0.185. The van der Waals surface area contributed by atoms with E-state index in [-0.39, 0.29) is 30.0 Å². The monoisotopic (exact) mass is 452 g/mol. The van der Waals surface area contributed by atoms with Crippen LogP contribution in [0, 0.1) is 24.7 Å². The van der Waals surface area contributed by atoms with Gasteiger partial charge in [0, 0.05) is 5.56 Å². The van der Waals surface area contributed by atoms with Gasteiger partial charge in [0.25, 0.3) is 0 Å². The molecule has 0 radical (unpaired) electrons. The van der Waals surface area contributed by atoms with Crippen molar-refractivity contribution in [3.05, 3.63) is 57.7 Å². The molecule has 3 rings (SSSR count). The fourth-order valence-electron chi connectivity index (χ4n) is 5.81. The predicted molar refractivity (Wildman–Crippen MR) is 130 cm³/mol. The molecule has 0 aromatic heterocycles. The first-order valence-corrected chi connectivity index (χ1v) is 12.3. The number of allylic oxidation sites excluding steroid dienone is 4. The van der Waals surface area contributed by atoms with E-state index in [1.807, 2.05) is 47.6 Å². The highest BCUT2D eigenvalue weighted by atomic mass is 19.1. The number of fused-ring (bicyclic) bond motifs is 2. The minimum Gasteiger partial charge on any atom is -0.297 e. The summed E-state index contributed by atoms with van der Waals surface area (Å²) < 4.78 is 15.7. The van der Waals surface area contributed by atoms with Crippen LogP contribution in [0.4, 0.5) is 4.39 Å². The van der Waals surface area contributed by atoms with E-state index < -0.39 is 22.8 Å². The first-order chi connectivity index (χ1) is 15.6. The van der Waals surface area contributed by atoms with Gasteiger partial charge in [-0.25, -0.2) is 4.39 Å². The maximum atomic E-state index is 15.7. The molecule has 0 spiro atoms. The van der Waals surface area contributed by atoms with Crippen LogP contribution in [0.5, 0.6) is 0 Å². The maximum Gasteiger partial charge on any atom is 0.196 e. The van der Waals surface area contributed by atoms with Crippen molar-refractivity contribution >= 4 is 17.3 Å². The number of hydrogen-bond donors (Lipinski definition) is 0. The Balaban J connectivity index is 2.34. The zero-order chi connectivity index (χ0) is 24.6. The number of halogens is 1. The fourth-order valence-corrected chi connectivity index (χ4v) is 5.81. The van der Waals surface area contributed by atoms with E-state index >= 15 is 4.39 Å². The molecule has 1 aromatic carbocycles. The lowest BCUT2D eigenvalue weighted by atomic mass is 9.48. The van der Waals surface area contributed by atoms with Gasteiger partial charge >= 0.3 is 0 Å². The van der Waals surface area contributed by atoms with Gasteiger partial charge in [-0.3, -0.25) is 14.4 Å².